The Balaban J connectivity index is 1.57. The number of pyridine rings is 1. The highest BCUT2D eigenvalue weighted by Gasteiger charge is 2.26. The lowest BCUT2D eigenvalue weighted by Gasteiger charge is -2.36. The topological polar surface area (TPSA) is 71.3 Å². The largest absolute Gasteiger partial charge is 0.368 e. The van der Waals surface area contributed by atoms with E-state index in [1.807, 2.05) is 4.90 Å². The van der Waals surface area contributed by atoms with E-state index in [0.29, 0.717) is 47.7 Å². The van der Waals surface area contributed by atoms with Crippen LogP contribution in [-0.2, 0) is 7.05 Å². The van der Waals surface area contributed by atoms with Crippen molar-refractivity contribution in [3.63, 3.8) is 0 Å². The molecule has 0 unspecified atom stereocenters. The lowest BCUT2D eigenvalue weighted by Crippen LogP contribution is -2.49. The van der Waals surface area contributed by atoms with E-state index in [1.165, 1.54) is 36.3 Å². The van der Waals surface area contributed by atoms with Gasteiger partial charge in [0.25, 0.3) is 11.5 Å². The molecule has 0 radical (unpaired) electrons. The highest BCUT2D eigenvalue weighted by Crippen LogP contribution is 2.23. The van der Waals surface area contributed by atoms with E-state index in [9.17, 15) is 14.0 Å². The smallest absolute Gasteiger partial charge is 0.275 e. The van der Waals surface area contributed by atoms with Gasteiger partial charge in [0.2, 0.25) is 0 Å². The predicted molar refractivity (Wildman–Crippen MR) is 104 cm³/mol. The number of hydrogen-bond acceptors (Lipinski definition) is 5. The Hall–Kier alpha value is -3.00. The predicted octanol–water partition coefficient (Wildman–Crippen LogP) is 2.08. The molecule has 1 fully saturated rings. The summed E-state index contributed by atoms with van der Waals surface area (Å²) in [5.74, 6) is -0.653. The summed E-state index contributed by atoms with van der Waals surface area (Å²) in [6.45, 7) is 1.96. The Morgan fingerprint density at radius 3 is 2.61 bits per heavy atom. The number of hydrogen-bond donors (Lipinski definition) is 0. The monoisotopic (exact) mass is 401 g/mol. The van der Waals surface area contributed by atoms with E-state index in [0.717, 1.165) is 0 Å². The highest BCUT2D eigenvalue weighted by atomic mass is 35.5. The first kappa shape index (κ1) is 18.4. The number of aromatic nitrogens is 3. The van der Waals surface area contributed by atoms with Gasteiger partial charge in [-0.05, 0) is 24.3 Å². The minimum atomic E-state index is -0.394. The first-order valence-corrected chi connectivity index (χ1v) is 9.13. The van der Waals surface area contributed by atoms with Crippen LogP contribution in [0, 0.1) is 5.82 Å². The van der Waals surface area contributed by atoms with Crippen molar-refractivity contribution >= 4 is 34.0 Å². The van der Waals surface area contributed by atoms with Crippen molar-refractivity contribution in [2.45, 2.75) is 0 Å². The Bertz CT molecular complexity index is 1100. The van der Waals surface area contributed by atoms with Crippen LogP contribution in [0.5, 0.6) is 0 Å². The van der Waals surface area contributed by atoms with Crippen LogP contribution in [0.25, 0.3) is 10.8 Å². The Kier molecular flexibility index (Phi) is 4.72. The number of carbonyl (C=O) groups excluding carboxylic acids is 1. The first-order chi connectivity index (χ1) is 13.4. The van der Waals surface area contributed by atoms with Gasteiger partial charge >= 0.3 is 0 Å². The van der Waals surface area contributed by atoms with Crippen LogP contribution < -0.4 is 10.5 Å². The minimum Gasteiger partial charge on any atom is -0.368 e. The zero-order valence-corrected chi connectivity index (χ0v) is 15.9. The molecule has 0 saturated carbocycles. The van der Waals surface area contributed by atoms with Crippen LogP contribution in [0.3, 0.4) is 0 Å². The van der Waals surface area contributed by atoms with Gasteiger partial charge in [0.15, 0.2) is 5.69 Å². The second-order valence-electron chi connectivity index (χ2n) is 6.61. The maximum Gasteiger partial charge on any atom is 0.275 e. The van der Waals surface area contributed by atoms with Crippen LogP contribution in [0.15, 0.2) is 41.5 Å². The van der Waals surface area contributed by atoms with Gasteiger partial charge in [-0.2, -0.15) is 5.10 Å². The zero-order valence-electron chi connectivity index (χ0n) is 15.1. The summed E-state index contributed by atoms with van der Waals surface area (Å²) in [4.78, 5) is 33.0. The molecule has 0 aliphatic carbocycles. The third kappa shape index (κ3) is 3.31. The molecule has 1 amide bonds. The summed E-state index contributed by atoms with van der Waals surface area (Å²) in [7, 11) is 1.52. The number of halogens is 2. The molecule has 1 aromatic carbocycles. The fraction of sp³-hybridized carbons (Fsp3) is 0.263. The minimum absolute atomic E-state index is 0.201. The normalized spacial score (nSPS) is 14.5. The van der Waals surface area contributed by atoms with Crippen molar-refractivity contribution in [1.29, 1.82) is 0 Å². The quantitative estimate of drug-likeness (QED) is 0.657. The number of amides is 1. The summed E-state index contributed by atoms with van der Waals surface area (Å²) < 4.78 is 14.8. The van der Waals surface area contributed by atoms with Crippen molar-refractivity contribution in [3.8, 4) is 0 Å². The summed E-state index contributed by atoms with van der Waals surface area (Å²) >= 11 is 5.94. The molecule has 2 aromatic heterocycles. The van der Waals surface area contributed by atoms with Crippen LogP contribution in [-0.4, -0.2) is 51.8 Å². The van der Waals surface area contributed by atoms with Crippen LogP contribution in [0.1, 0.15) is 10.5 Å². The number of nitrogens with zero attached hydrogens (tertiary/aromatic N) is 5. The third-order valence-corrected chi connectivity index (χ3v) is 5.05. The van der Waals surface area contributed by atoms with Gasteiger partial charge in [0.1, 0.15) is 5.82 Å². The molecule has 3 heterocycles. The van der Waals surface area contributed by atoms with Gasteiger partial charge in [-0.25, -0.2) is 9.07 Å². The fourth-order valence-corrected chi connectivity index (χ4v) is 3.61. The van der Waals surface area contributed by atoms with Crippen molar-refractivity contribution in [3.05, 3.63) is 63.5 Å². The maximum atomic E-state index is 13.6. The maximum absolute atomic E-state index is 13.6. The zero-order chi connectivity index (χ0) is 19.8. The number of piperazine rings is 1. The van der Waals surface area contributed by atoms with Crippen molar-refractivity contribution < 1.29 is 9.18 Å². The Labute approximate surface area is 165 Å². The summed E-state index contributed by atoms with van der Waals surface area (Å²) in [5, 5.41) is 5.35. The summed E-state index contributed by atoms with van der Waals surface area (Å²) in [5.41, 5.74) is 0.612. The molecule has 1 saturated heterocycles. The van der Waals surface area contributed by atoms with E-state index >= 15 is 0 Å². The molecule has 1 aliphatic rings. The average molecular weight is 402 g/mol. The third-order valence-electron chi connectivity index (χ3n) is 4.83. The van der Waals surface area contributed by atoms with Gasteiger partial charge in [-0.1, -0.05) is 11.6 Å². The first-order valence-electron chi connectivity index (χ1n) is 8.75. The van der Waals surface area contributed by atoms with Gasteiger partial charge in [-0.3, -0.25) is 14.6 Å². The molecular weight excluding hydrogens is 385 g/mol. The fourth-order valence-electron chi connectivity index (χ4n) is 3.39. The van der Waals surface area contributed by atoms with Crippen LogP contribution >= 0.6 is 11.6 Å². The van der Waals surface area contributed by atoms with Gasteiger partial charge < -0.3 is 9.80 Å². The SMILES string of the molecule is Cn1nc(C(=O)N2CCN(c3cc(F)cc(Cl)c3)CC2)c2cnccc2c1=O. The van der Waals surface area contributed by atoms with E-state index in [-0.39, 0.29) is 17.2 Å². The van der Waals surface area contributed by atoms with Crippen LogP contribution in [0.4, 0.5) is 10.1 Å². The number of aryl methyl sites for hydroxylation is 1. The molecule has 144 valence electrons. The molecule has 28 heavy (non-hydrogen) atoms. The lowest BCUT2D eigenvalue weighted by atomic mass is 10.1. The molecule has 0 atom stereocenters. The van der Waals surface area contributed by atoms with Crippen molar-refractivity contribution in [2.75, 3.05) is 31.1 Å². The summed E-state index contributed by atoms with van der Waals surface area (Å²) in [6.07, 6.45) is 3.00. The lowest BCUT2D eigenvalue weighted by molar-refractivity contribution is 0.0740. The number of anilines is 1. The molecule has 7 nitrogen and oxygen atoms in total. The van der Waals surface area contributed by atoms with E-state index in [1.54, 1.807) is 17.0 Å². The Morgan fingerprint density at radius 1 is 1.14 bits per heavy atom. The molecular formula is C19H17ClFN5O2. The number of rotatable bonds is 2. The molecule has 0 bridgehead atoms. The molecule has 3 aromatic rings. The highest BCUT2D eigenvalue weighted by molar-refractivity contribution is 6.30. The molecule has 0 N–H and O–H groups in total. The van der Waals surface area contributed by atoms with E-state index in [2.05, 4.69) is 10.1 Å². The second-order valence-corrected chi connectivity index (χ2v) is 7.04. The van der Waals surface area contributed by atoms with Crippen molar-refractivity contribution in [1.82, 2.24) is 19.7 Å². The number of benzene rings is 1. The molecule has 4 rings (SSSR count). The standard InChI is InChI=1S/C19H17ClFN5O2/c1-24-18(27)15-2-3-22-11-16(15)17(23-24)19(28)26-6-4-25(5-7-26)14-9-12(20)8-13(21)10-14/h2-3,8-11H,4-7H2,1H3. The molecule has 1 aliphatic heterocycles. The summed E-state index contributed by atoms with van der Waals surface area (Å²) in [6, 6.07) is 5.98. The van der Waals surface area contributed by atoms with Crippen molar-refractivity contribution in [2.24, 2.45) is 7.05 Å². The van der Waals surface area contributed by atoms with Gasteiger partial charge in [0, 0.05) is 61.7 Å². The average Bonchev–Trinajstić information content (AvgIpc) is 2.69. The Morgan fingerprint density at radius 2 is 1.89 bits per heavy atom. The van der Waals surface area contributed by atoms with Crippen LogP contribution in [0.2, 0.25) is 5.02 Å². The van der Waals surface area contributed by atoms with Gasteiger partial charge in [-0.15, -0.1) is 0 Å². The number of fused-ring (bicyclic) bond motifs is 1. The second kappa shape index (κ2) is 7.20. The number of carbonyl (C=O) groups is 1. The molecule has 9 heteroatoms. The van der Waals surface area contributed by atoms with E-state index in [4.69, 9.17) is 11.6 Å². The van der Waals surface area contributed by atoms with E-state index < -0.39 is 5.82 Å². The molecule has 0 spiro atoms. The van der Waals surface area contributed by atoms with Gasteiger partial charge in [0.05, 0.1) is 5.39 Å².